The maximum absolute atomic E-state index is 13.1. The lowest BCUT2D eigenvalue weighted by molar-refractivity contribution is -0.396. The minimum absolute atomic E-state index is 0.195. The molecule has 0 aliphatic rings. The first-order valence-electron chi connectivity index (χ1n) is 7.22. The van der Waals surface area contributed by atoms with E-state index in [0.717, 1.165) is 25.7 Å². The fourth-order valence-corrected chi connectivity index (χ4v) is 1.79. The van der Waals surface area contributed by atoms with Crippen molar-refractivity contribution in [2.75, 3.05) is 13.1 Å². The molecule has 0 saturated heterocycles. The van der Waals surface area contributed by atoms with Gasteiger partial charge in [-0.1, -0.05) is 32.6 Å². The highest BCUT2D eigenvalue weighted by molar-refractivity contribution is 5.00. The lowest BCUT2D eigenvalue weighted by Crippen LogP contribution is -2.61. The Kier molecular flexibility index (Phi) is 8.19. The van der Waals surface area contributed by atoms with E-state index in [9.17, 15) is 39.5 Å². The van der Waals surface area contributed by atoms with Crippen LogP contribution >= 0.6 is 0 Å². The summed E-state index contributed by atoms with van der Waals surface area (Å²) >= 11 is 0. The largest absolute Gasteiger partial charge is 0.460 e. The van der Waals surface area contributed by atoms with Gasteiger partial charge in [-0.2, -0.15) is 39.5 Å². The second-order valence-corrected chi connectivity index (χ2v) is 5.27. The fourth-order valence-electron chi connectivity index (χ4n) is 1.79. The molecule has 0 aliphatic carbocycles. The van der Waals surface area contributed by atoms with Crippen molar-refractivity contribution in [3.05, 3.63) is 0 Å². The second kappa shape index (κ2) is 8.43. The summed E-state index contributed by atoms with van der Waals surface area (Å²) < 4.78 is 113. The van der Waals surface area contributed by atoms with Gasteiger partial charge in [-0.05, 0) is 13.0 Å². The predicted octanol–water partition coefficient (Wildman–Crippen LogP) is 5.40. The summed E-state index contributed by atoms with van der Waals surface area (Å²) in [6, 6.07) is 0. The van der Waals surface area contributed by atoms with E-state index in [1.54, 1.807) is 0 Å². The van der Waals surface area contributed by atoms with E-state index in [-0.39, 0.29) is 6.54 Å². The molecule has 10 heteroatoms. The zero-order valence-corrected chi connectivity index (χ0v) is 12.6. The molecule has 0 atom stereocenters. The first-order valence-corrected chi connectivity index (χ1v) is 7.22. The molecule has 0 saturated carbocycles. The SMILES string of the molecule is CCCCCCCNCCC(F)(F)C(F)(F)C(F)(F)C(F)(F)F. The molecule has 0 spiro atoms. The predicted molar refractivity (Wildman–Crippen MR) is 67.1 cm³/mol. The van der Waals surface area contributed by atoms with Gasteiger partial charge < -0.3 is 5.32 Å². The lowest BCUT2D eigenvalue weighted by atomic mass is 10.0. The molecule has 23 heavy (non-hydrogen) atoms. The number of hydrogen-bond acceptors (Lipinski definition) is 1. The molecule has 0 aromatic heterocycles. The normalized spacial score (nSPS) is 14.3. The molecular formula is C13H20F9N. The van der Waals surface area contributed by atoms with E-state index in [0.29, 0.717) is 6.42 Å². The van der Waals surface area contributed by atoms with Crippen LogP contribution in [0.25, 0.3) is 0 Å². The first-order chi connectivity index (χ1) is 10.3. The van der Waals surface area contributed by atoms with Gasteiger partial charge >= 0.3 is 23.9 Å². The highest BCUT2D eigenvalue weighted by Gasteiger charge is 2.81. The van der Waals surface area contributed by atoms with Crippen molar-refractivity contribution in [2.45, 2.75) is 69.4 Å². The second-order valence-electron chi connectivity index (χ2n) is 5.27. The lowest BCUT2D eigenvalue weighted by Gasteiger charge is -2.33. The molecule has 0 unspecified atom stereocenters. The molecular weight excluding hydrogens is 341 g/mol. The standard InChI is InChI=1S/C13H20F9N/c1-2-3-4-5-6-8-23-9-7-10(14,15)11(16,17)12(18,19)13(20,21)22/h23H,2-9H2,1H3. The van der Waals surface area contributed by atoms with Crippen molar-refractivity contribution in [3.63, 3.8) is 0 Å². The molecule has 0 aliphatic heterocycles. The highest BCUT2D eigenvalue weighted by atomic mass is 19.4. The molecule has 0 heterocycles. The topological polar surface area (TPSA) is 12.0 Å². The van der Waals surface area contributed by atoms with Crippen LogP contribution in [0.4, 0.5) is 39.5 Å². The van der Waals surface area contributed by atoms with Gasteiger partial charge in [0.05, 0.1) is 0 Å². The number of hydrogen-bond donors (Lipinski definition) is 1. The Bertz CT molecular complexity index is 339. The number of rotatable bonds is 11. The molecule has 140 valence electrons. The van der Waals surface area contributed by atoms with Crippen molar-refractivity contribution >= 4 is 0 Å². The van der Waals surface area contributed by atoms with E-state index in [4.69, 9.17) is 0 Å². The molecule has 0 aromatic rings. The van der Waals surface area contributed by atoms with Crippen LogP contribution in [0.3, 0.4) is 0 Å². The van der Waals surface area contributed by atoms with Crippen molar-refractivity contribution in [3.8, 4) is 0 Å². The summed E-state index contributed by atoms with van der Waals surface area (Å²) in [5, 5.41) is 2.34. The van der Waals surface area contributed by atoms with Gasteiger partial charge in [0, 0.05) is 13.0 Å². The Morgan fingerprint density at radius 1 is 0.652 bits per heavy atom. The number of unbranched alkanes of at least 4 members (excludes halogenated alkanes) is 4. The average molecular weight is 361 g/mol. The third kappa shape index (κ3) is 5.72. The Balaban J connectivity index is 4.41. The Morgan fingerprint density at radius 3 is 1.65 bits per heavy atom. The fraction of sp³-hybridized carbons (Fsp3) is 1.00. The summed E-state index contributed by atoms with van der Waals surface area (Å²) in [7, 11) is 0. The minimum Gasteiger partial charge on any atom is -0.317 e. The molecule has 1 N–H and O–H groups in total. The average Bonchev–Trinajstić information content (AvgIpc) is 2.40. The summed E-state index contributed by atoms with van der Waals surface area (Å²) in [4.78, 5) is 0. The van der Waals surface area contributed by atoms with E-state index < -0.39 is 36.9 Å². The Hall–Kier alpha value is -0.670. The van der Waals surface area contributed by atoms with Crippen LogP contribution in [0, 0.1) is 0 Å². The monoisotopic (exact) mass is 361 g/mol. The summed E-state index contributed by atoms with van der Waals surface area (Å²) in [6.45, 7) is 1.39. The smallest absolute Gasteiger partial charge is 0.317 e. The maximum Gasteiger partial charge on any atom is 0.460 e. The van der Waals surface area contributed by atoms with Crippen LogP contribution in [0.1, 0.15) is 45.4 Å². The van der Waals surface area contributed by atoms with Crippen LogP contribution in [-0.2, 0) is 0 Å². The van der Waals surface area contributed by atoms with Crippen LogP contribution in [0.15, 0.2) is 0 Å². The molecule has 0 bridgehead atoms. The summed E-state index contributed by atoms with van der Waals surface area (Å²) in [6.07, 6.45) is -4.35. The van der Waals surface area contributed by atoms with E-state index in [1.165, 1.54) is 0 Å². The van der Waals surface area contributed by atoms with Crippen molar-refractivity contribution in [2.24, 2.45) is 0 Å². The van der Waals surface area contributed by atoms with Crippen molar-refractivity contribution < 1.29 is 39.5 Å². The first kappa shape index (κ1) is 22.3. The number of alkyl halides is 9. The van der Waals surface area contributed by atoms with Gasteiger partial charge in [0.25, 0.3) is 0 Å². The van der Waals surface area contributed by atoms with Crippen LogP contribution < -0.4 is 5.32 Å². The van der Waals surface area contributed by atoms with Gasteiger partial charge in [-0.25, -0.2) is 0 Å². The van der Waals surface area contributed by atoms with Crippen LogP contribution in [0.5, 0.6) is 0 Å². The highest BCUT2D eigenvalue weighted by Crippen LogP contribution is 2.53. The van der Waals surface area contributed by atoms with E-state index >= 15 is 0 Å². The summed E-state index contributed by atoms with van der Waals surface area (Å²) in [5.41, 5.74) is 0. The summed E-state index contributed by atoms with van der Waals surface area (Å²) in [5.74, 6) is -18.8. The third-order valence-electron chi connectivity index (χ3n) is 3.28. The zero-order valence-electron chi connectivity index (χ0n) is 12.6. The van der Waals surface area contributed by atoms with Crippen LogP contribution in [-0.4, -0.2) is 37.0 Å². The van der Waals surface area contributed by atoms with Crippen LogP contribution in [0.2, 0.25) is 0 Å². The molecule has 0 rings (SSSR count). The van der Waals surface area contributed by atoms with E-state index in [1.807, 2.05) is 6.92 Å². The van der Waals surface area contributed by atoms with E-state index in [2.05, 4.69) is 5.32 Å². The van der Waals surface area contributed by atoms with Gasteiger partial charge in [-0.15, -0.1) is 0 Å². The molecule has 0 radical (unpaired) electrons. The molecule has 1 nitrogen and oxygen atoms in total. The van der Waals surface area contributed by atoms with Gasteiger partial charge in [0.1, 0.15) is 0 Å². The quantitative estimate of drug-likeness (QED) is 0.384. The molecule has 0 aromatic carbocycles. The van der Waals surface area contributed by atoms with Crippen molar-refractivity contribution in [1.29, 1.82) is 0 Å². The van der Waals surface area contributed by atoms with Gasteiger partial charge in [-0.3, -0.25) is 0 Å². The Labute approximate surface area is 128 Å². The van der Waals surface area contributed by atoms with Gasteiger partial charge in [0.2, 0.25) is 0 Å². The third-order valence-corrected chi connectivity index (χ3v) is 3.28. The van der Waals surface area contributed by atoms with Gasteiger partial charge in [0.15, 0.2) is 0 Å². The maximum atomic E-state index is 13.1. The molecule has 0 amide bonds. The number of nitrogens with one attached hydrogen (secondary N) is 1. The Morgan fingerprint density at radius 2 is 1.17 bits per heavy atom. The van der Waals surface area contributed by atoms with Crippen molar-refractivity contribution in [1.82, 2.24) is 5.32 Å². The molecule has 0 fully saturated rings. The number of halogens is 9. The zero-order chi connectivity index (χ0) is 18.4. The minimum atomic E-state index is -6.80.